The number of nitrogens with zero attached hydrogens (tertiary/aromatic N) is 2. The largest absolute Gasteiger partial charge is 0.360 e. The molecular weight excluding hydrogens is 280 g/mol. The molecule has 7 nitrogen and oxygen atoms in total. The van der Waals surface area contributed by atoms with Crippen LogP contribution in [0.2, 0.25) is 0 Å². The Hall–Kier alpha value is -1.09. The highest BCUT2D eigenvalue weighted by Crippen LogP contribution is 2.16. The SMILES string of the molecule is Cc1cc(OS(C)(=O)=O)nn1S(=O)(=O)CC(C)C. The minimum Gasteiger partial charge on any atom is -0.360 e. The fourth-order valence-corrected chi connectivity index (χ4v) is 3.47. The van der Waals surface area contributed by atoms with Gasteiger partial charge in [-0.3, -0.25) is 0 Å². The van der Waals surface area contributed by atoms with E-state index in [0.717, 1.165) is 10.3 Å². The third-order valence-electron chi connectivity index (χ3n) is 1.87. The van der Waals surface area contributed by atoms with Gasteiger partial charge >= 0.3 is 10.1 Å². The van der Waals surface area contributed by atoms with Gasteiger partial charge in [0.25, 0.3) is 15.9 Å². The molecule has 1 aromatic rings. The maximum Gasteiger partial charge on any atom is 0.307 e. The molecule has 0 aliphatic rings. The van der Waals surface area contributed by atoms with Gasteiger partial charge < -0.3 is 4.18 Å². The van der Waals surface area contributed by atoms with Crippen molar-refractivity contribution in [2.24, 2.45) is 5.92 Å². The molecule has 104 valence electrons. The van der Waals surface area contributed by atoms with E-state index in [1.54, 1.807) is 13.8 Å². The number of aryl methyl sites for hydroxylation is 1. The minimum absolute atomic E-state index is 0.0575. The first-order chi connectivity index (χ1) is 8.01. The molecule has 18 heavy (non-hydrogen) atoms. The lowest BCUT2D eigenvalue weighted by Crippen LogP contribution is -2.22. The minimum atomic E-state index is -3.72. The molecule has 0 aromatic carbocycles. The van der Waals surface area contributed by atoms with E-state index in [0.29, 0.717) is 5.69 Å². The first kappa shape index (κ1) is 15.0. The third kappa shape index (κ3) is 3.98. The van der Waals surface area contributed by atoms with E-state index in [9.17, 15) is 16.8 Å². The van der Waals surface area contributed by atoms with Gasteiger partial charge in [0.1, 0.15) is 0 Å². The molecule has 0 saturated heterocycles. The lowest BCUT2D eigenvalue weighted by atomic mass is 10.3. The average molecular weight is 296 g/mol. The predicted octanol–water partition coefficient (Wildman–Crippen LogP) is 0.364. The summed E-state index contributed by atoms with van der Waals surface area (Å²) in [5.41, 5.74) is 0.300. The zero-order valence-electron chi connectivity index (χ0n) is 10.6. The van der Waals surface area contributed by atoms with Crippen molar-refractivity contribution in [1.29, 1.82) is 0 Å². The fraction of sp³-hybridized carbons (Fsp3) is 0.667. The van der Waals surface area contributed by atoms with Gasteiger partial charge in [0.05, 0.1) is 17.7 Å². The zero-order valence-corrected chi connectivity index (χ0v) is 12.2. The molecule has 1 aromatic heterocycles. The zero-order chi connectivity index (χ0) is 14.1. The van der Waals surface area contributed by atoms with Gasteiger partial charge in [-0.1, -0.05) is 13.8 Å². The monoisotopic (exact) mass is 296 g/mol. The molecule has 0 aliphatic heterocycles. The molecule has 1 heterocycles. The highest BCUT2D eigenvalue weighted by atomic mass is 32.2. The molecule has 0 fully saturated rings. The highest BCUT2D eigenvalue weighted by molar-refractivity contribution is 7.89. The molecule has 0 bridgehead atoms. The van der Waals surface area contributed by atoms with Crippen LogP contribution in [0.4, 0.5) is 0 Å². The summed E-state index contributed by atoms with van der Waals surface area (Å²) in [6.45, 7) is 5.05. The summed E-state index contributed by atoms with van der Waals surface area (Å²) >= 11 is 0. The van der Waals surface area contributed by atoms with Gasteiger partial charge in [-0.05, 0) is 12.8 Å². The van der Waals surface area contributed by atoms with E-state index in [2.05, 4.69) is 9.28 Å². The van der Waals surface area contributed by atoms with Gasteiger partial charge in [-0.15, -0.1) is 5.10 Å². The van der Waals surface area contributed by atoms with E-state index in [-0.39, 0.29) is 17.6 Å². The van der Waals surface area contributed by atoms with Crippen LogP contribution in [0.15, 0.2) is 6.07 Å². The van der Waals surface area contributed by atoms with Crippen molar-refractivity contribution in [3.63, 3.8) is 0 Å². The number of aromatic nitrogens is 2. The molecule has 9 heteroatoms. The van der Waals surface area contributed by atoms with Crippen molar-refractivity contribution < 1.29 is 21.0 Å². The van der Waals surface area contributed by atoms with Crippen LogP contribution in [-0.4, -0.2) is 38.0 Å². The number of rotatable bonds is 5. The Kier molecular flexibility index (Phi) is 4.06. The van der Waals surface area contributed by atoms with Crippen molar-refractivity contribution >= 4 is 20.1 Å². The number of hydrogen-bond donors (Lipinski definition) is 0. The summed E-state index contributed by atoms with van der Waals surface area (Å²) < 4.78 is 51.1. The van der Waals surface area contributed by atoms with Crippen molar-refractivity contribution in [2.45, 2.75) is 20.8 Å². The van der Waals surface area contributed by atoms with Crippen molar-refractivity contribution in [3.8, 4) is 5.88 Å². The lowest BCUT2D eigenvalue weighted by molar-refractivity contribution is 0.478. The Morgan fingerprint density at radius 1 is 1.33 bits per heavy atom. The summed E-state index contributed by atoms with van der Waals surface area (Å²) in [5.74, 6) is -0.381. The Morgan fingerprint density at radius 2 is 1.89 bits per heavy atom. The van der Waals surface area contributed by atoms with E-state index in [4.69, 9.17) is 0 Å². The van der Waals surface area contributed by atoms with E-state index in [1.807, 2.05) is 0 Å². The maximum atomic E-state index is 11.9. The van der Waals surface area contributed by atoms with Gasteiger partial charge in [-0.2, -0.15) is 12.5 Å². The first-order valence-corrected chi connectivity index (χ1v) is 8.63. The normalized spacial score (nSPS) is 12.9. The lowest BCUT2D eigenvalue weighted by Gasteiger charge is -2.07. The van der Waals surface area contributed by atoms with Crippen molar-refractivity contribution in [3.05, 3.63) is 11.8 Å². The topological polar surface area (TPSA) is 95.3 Å². The second-order valence-corrected chi connectivity index (χ2v) is 7.84. The van der Waals surface area contributed by atoms with Gasteiger partial charge in [-0.25, -0.2) is 8.42 Å². The van der Waals surface area contributed by atoms with Crippen LogP contribution in [0, 0.1) is 12.8 Å². The van der Waals surface area contributed by atoms with Crippen LogP contribution in [0.1, 0.15) is 19.5 Å². The average Bonchev–Trinajstić information content (AvgIpc) is 2.41. The molecule has 1 rings (SSSR count). The second-order valence-electron chi connectivity index (χ2n) is 4.43. The Bertz CT molecular complexity index is 628. The van der Waals surface area contributed by atoms with E-state index >= 15 is 0 Å². The molecule has 0 unspecified atom stereocenters. The van der Waals surface area contributed by atoms with Gasteiger partial charge in [0.2, 0.25) is 0 Å². The van der Waals surface area contributed by atoms with Crippen LogP contribution in [0.5, 0.6) is 5.88 Å². The van der Waals surface area contributed by atoms with Gasteiger partial charge in [0, 0.05) is 6.07 Å². The van der Waals surface area contributed by atoms with Gasteiger partial charge in [0.15, 0.2) is 0 Å². The smallest absolute Gasteiger partial charge is 0.307 e. The Labute approximate surface area is 107 Å². The molecular formula is C9H16N2O5S2. The first-order valence-electron chi connectivity index (χ1n) is 5.20. The summed E-state index contributed by atoms with van der Waals surface area (Å²) in [5, 5.41) is 3.65. The molecule has 0 amide bonds. The van der Waals surface area contributed by atoms with E-state index in [1.165, 1.54) is 13.0 Å². The molecule has 0 spiro atoms. The molecule has 0 N–H and O–H groups in total. The Balaban J connectivity index is 3.13. The summed E-state index contributed by atoms with van der Waals surface area (Å²) in [6, 6.07) is 1.26. The number of hydrogen-bond acceptors (Lipinski definition) is 6. The molecule has 0 aliphatic carbocycles. The van der Waals surface area contributed by atoms with Crippen molar-refractivity contribution in [1.82, 2.24) is 9.19 Å². The summed E-state index contributed by atoms with van der Waals surface area (Å²) in [7, 11) is -7.31. The fourth-order valence-electron chi connectivity index (χ4n) is 1.40. The molecule has 0 saturated carbocycles. The summed E-state index contributed by atoms with van der Waals surface area (Å²) in [4.78, 5) is 0. The molecule has 0 atom stereocenters. The summed E-state index contributed by atoms with van der Waals surface area (Å²) in [6.07, 6.45) is 0.865. The highest BCUT2D eigenvalue weighted by Gasteiger charge is 2.21. The quantitative estimate of drug-likeness (QED) is 0.728. The molecule has 0 radical (unpaired) electrons. The third-order valence-corrected chi connectivity index (χ3v) is 4.33. The second kappa shape index (κ2) is 4.88. The van der Waals surface area contributed by atoms with Crippen LogP contribution in [-0.2, 0) is 20.1 Å². The van der Waals surface area contributed by atoms with Crippen LogP contribution in [0.25, 0.3) is 0 Å². The van der Waals surface area contributed by atoms with Crippen LogP contribution < -0.4 is 4.18 Å². The van der Waals surface area contributed by atoms with Crippen LogP contribution in [0.3, 0.4) is 0 Å². The van der Waals surface area contributed by atoms with E-state index < -0.39 is 20.1 Å². The standard InChI is InChI=1S/C9H16N2O5S2/c1-7(2)6-18(14,15)11-8(3)5-9(10-11)16-17(4,12)13/h5,7H,6H2,1-4H3. The van der Waals surface area contributed by atoms with Crippen molar-refractivity contribution in [2.75, 3.05) is 12.0 Å². The maximum absolute atomic E-state index is 11.9. The van der Waals surface area contributed by atoms with Crippen LogP contribution >= 0.6 is 0 Å². The predicted molar refractivity (Wildman–Crippen MR) is 66.5 cm³/mol. The Morgan fingerprint density at radius 3 is 2.33 bits per heavy atom.